The topological polar surface area (TPSA) is 45.0 Å². The molecule has 1 rings (SSSR count). The van der Waals surface area contributed by atoms with Gasteiger partial charge in [0, 0.05) is 0 Å². The first-order valence-corrected chi connectivity index (χ1v) is 8.02. The Kier molecular flexibility index (Phi) is 7.85. The molecule has 0 amide bonds. The van der Waals surface area contributed by atoms with Gasteiger partial charge in [-0.25, -0.2) is 0 Å². The van der Waals surface area contributed by atoms with Crippen LogP contribution in [0.25, 0.3) is 0 Å². The number of para-hydroxylation sites is 1. The van der Waals surface area contributed by atoms with Gasteiger partial charge in [-0.05, 0) is 57.2 Å². The molecule has 3 heteroatoms. The fourth-order valence-electron chi connectivity index (χ4n) is 2.28. The second kappa shape index (κ2) is 9.41. The minimum atomic E-state index is -0.405. The van der Waals surface area contributed by atoms with Crippen molar-refractivity contribution in [1.29, 1.82) is 5.26 Å². The lowest BCUT2D eigenvalue weighted by Gasteiger charge is -2.23. The summed E-state index contributed by atoms with van der Waals surface area (Å²) in [5.41, 5.74) is 0.848. The van der Waals surface area contributed by atoms with Gasteiger partial charge in [0.25, 0.3) is 0 Å². The lowest BCUT2D eigenvalue weighted by Crippen LogP contribution is -2.41. The Morgan fingerprint density at radius 2 is 2.00 bits per heavy atom. The van der Waals surface area contributed by atoms with Crippen LogP contribution in [0, 0.1) is 11.3 Å². The molecule has 0 aliphatic rings. The summed E-state index contributed by atoms with van der Waals surface area (Å²) in [6.07, 6.45) is 4.87. The summed E-state index contributed by atoms with van der Waals surface area (Å²) in [5, 5.41) is 12.6. The average Bonchev–Trinajstić information content (AvgIpc) is 2.53. The van der Waals surface area contributed by atoms with E-state index in [0.717, 1.165) is 44.4 Å². The van der Waals surface area contributed by atoms with Crippen LogP contribution < -0.4 is 10.1 Å². The third kappa shape index (κ3) is 6.18. The van der Waals surface area contributed by atoms with E-state index in [1.807, 2.05) is 25.1 Å². The van der Waals surface area contributed by atoms with Gasteiger partial charge in [-0.3, -0.25) is 5.32 Å². The maximum Gasteiger partial charge on any atom is 0.122 e. The maximum absolute atomic E-state index is 9.27. The highest BCUT2D eigenvalue weighted by molar-refractivity contribution is 5.33. The highest BCUT2D eigenvalue weighted by Crippen LogP contribution is 2.19. The molecule has 0 radical (unpaired) electrons. The summed E-state index contributed by atoms with van der Waals surface area (Å²) < 4.78 is 5.85. The lowest BCUT2D eigenvalue weighted by molar-refractivity contribution is 0.293. The molecule has 1 N–H and O–H groups in total. The number of ether oxygens (including phenoxy) is 1. The van der Waals surface area contributed by atoms with Crippen molar-refractivity contribution in [3.8, 4) is 11.8 Å². The molecule has 1 unspecified atom stereocenters. The number of nitriles is 1. The van der Waals surface area contributed by atoms with Crippen molar-refractivity contribution in [2.45, 2.75) is 58.4 Å². The summed E-state index contributed by atoms with van der Waals surface area (Å²) in [4.78, 5) is 0. The van der Waals surface area contributed by atoms with Crippen molar-refractivity contribution >= 4 is 0 Å². The Bertz CT molecular complexity index is 453. The molecule has 0 heterocycles. The number of nitrogens with zero attached hydrogens (tertiary/aromatic N) is 1. The lowest BCUT2D eigenvalue weighted by atomic mass is 9.96. The number of benzene rings is 1. The molecule has 1 aromatic carbocycles. The molecule has 21 heavy (non-hydrogen) atoms. The van der Waals surface area contributed by atoms with Crippen molar-refractivity contribution in [2.75, 3.05) is 13.2 Å². The molecule has 1 aromatic rings. The third-order valence-electron chi connectivity index (χ3n) is 3.69. The second-order valence-corrected chi connectivity index (χ2v) is 5.64. The van der Waals surface area contributed by atoms with Gasteiger partial charge in [-0.15, -0.1) is 0 Å². The number of aryl methyl sites for hydroxylation is 1. The zero-order valence-corrected chi connectivity index (χ0v) is 13.6. The van der Waals surface area contributed by atoms with Gasteiger partial charge in [0.15, 0.2) is 0 Å². The standard InChI is InChI=1S/C18H28N2O/c1-4-13-20-18(3,15-19)12-8-9-14-21-17-11-7-6-10-16(17)5-2/h6-7,10-11,20H,4-5,8-9,12-14H2,1-3H3. The normalized spacial score (nSPS) is 13.4. The SMILES string of the molecule is CCCNC(C)(C#N)CCCCOc1ccccc1CC. The molecule has 0 spiro atoms. The second-order valence-electron chi connectivity index (χ2n) is 5.64. The number of hydrogen-bond acceptors (Lipinski definition) is 3. The first-order valence-electron chi connectivity index (χ1n) is 8.02. The molecule has 0 saturated heterocycles. The highest BCUT2D eigenvalue weighted by Gasteiger charge is 2.21. The molecular weight excluding hydrogens is 260 g/mol. The van der Waals surface area contributed by atoms with Crippen LogP contribution in [-0.2, 0) is 6.42 Å². The molecule has 0 aliphatic carbocycles. The minimum Gasteiger partial charge on any atom is -0.493 e. The van der Waals surface area contributed by atoms with Crippen LogP contribution in [0.15, 0.2) is 24.3 Å². The largest absolute Gasteiger partial charge is 0.493 e. The van der Waals surface area contributed by atoms with Crippen LogP contribution in [0.2, 0.25) is 0 Å². The molecule has 0 fully saturated rings. The summed E-state index contributed by atoms with van der Waals surface area (Å²) >= 11 is 0. The van der Waals surface area contributed by atoms with Crippen molar-refractivity contribution in [2.24, 2.45) is 0 Å². The zero-order chi connectivity index (χ0) is 15.6. The Morgan fingerprint density at radius 1 is 1.24 bits per heavy atom. The van der Waals surface area contributed by atoms with Gasteiger partial charge in [-0.1, -0.05) is 32.0 Å². The van der Waals surface area contributed by atoms with E-state index in [-0.39, 0.29) is 0 Å². The van der Waals surface area contributed by atoms with Crippen LogP contribution >= 0.6 is 0 Å². The Hall–Kier alpha value is -1.53. The Morgan fingerprint density at radius 3 is 2.67 bits per heavy atom. The van der Waals surface area contributed by atoms with Crippen LogP contribution in [-0.4, -0.2) is 18.7 Å². The van der Waals surface area contributed by atoms with E-state index in [1.165, 1.54) is 5.56 Å². The number of rotatable bonds is 10. The molecule has 0 bridgehead atoms. The molecule has 1 atom stereocenters. The van der Waals surface area contributed by atoms with Crippen molar-refractivity contribution in [1.82, 2.24) is 5.32 Å². The van der Waals surface area contributed by atoms with E-state index < -0.39 is 5.54 Å². The minimum absolute atomic E-state index is 0.405. The fourth-order valence-corrected chi connectivity index (χ4v) is 2.28. The molecule has 0 saturated carbocycles. The van der Waals surface area contributed by atoms with E-state index in [1.54, 1.807) is 0 Å². The van der Waals surface area contributed by atoms with Crippen molar-refractivity contribution in [3.63, 3.8) is 0 Å². The van der Waals surface area contributed by atoms with Gasteiger partial charge in [-0.2, -0.15) is 5.26 Å². The van der Waals surface area contributed by atoms with E-state index in [9.17, 15) is 5.26 Å². The fraction of sp³-hybridized carbons (Fsp3) is 0.611. The Balaban J connectivity index is 2.29. The zero-order valence-electron chi connectivity index (χ0n) is 13.6. The highest BCUT2D eigenvalue weighted by atomic mass is 16.5. The number of unbranched alkanes of at least 4 members (excludes halogenated alkanes) is 1. The van der Waals surface area contributed by atoms with E-state index in [4.69, 9.17) is 4.74 Å². The van der Waals surface area contributed by atoms with Crippen molar-refractivity contribution in [3.05, 3.63) is 29.8 Å². The van der Waals surface area contributed by atoms with Gasteiger partial charge < -0.3 is 4.74 Å². The Labute approximate surface area is 129 Å². The van der Waals surface area contributed by atoms with Gasteiger partial charge >= 0.3 is 0 Å². The van der Waals surface area contributed by atoms with Crippen LogP contribution in [0.1, 0.15) is 52.0 Å². The first kappa shape index (κ1) is 17.5. The third-order valence-corrected chi connectivity index (χ3v) is 3.69. The average molecular weight is 288 g/mol. The monoisotopic (exact) mass is 288 g/mol. The first-order chi connectivity index (χ1) is 10.1. The summed E-state index contributed by atoms with van der Waals surface area (Å²) in [5.74, 6) is 0.993. The van der Waals surface area contributed by atoms with Gasteiger partial charge in [0.2, 0.25) is 0 Å². The molecule has 0 aromatic heterocycles. The smallest absolute Gasteiger partial charge is 0.122 e. The number of hydrogen-bond donors (Lipinski definition) is 1. The summed E-state index contributed by atoms with van der Waals surface area (Å²) in [7, 11) is 0. The predicted molar refractivity (Wildman–Crippen MR) is 87.5 cm³/mol. The van der Waals surface area contributed by atoms with Crippen LogP contribution in [0.5, 0.6) is 5.75 Å². The van der Waals surface area contributed by atoms with E-state index >= 15 is 0 Å². The number of nitrogens with one attached hydrogen (secondary N) is 1. The van der Waals surface area contributed by atoms with Crippen molar-refractivity contribution < 1.29 is 4.74 Å². The van der Waals surface area contributed by atoms with Crippen LogP contribution in [0.3, 0.4) is 0 Å². The molecule has 0 aliphatic heterocycles. The van der Waals surface area contributed by atoms with E-state index in [0.29, 0.717) is 6.61 Å². The van der Waals surface area contributed by atoms with E-state index in [2.05, 4.69) is 31.3 Å². The summed E-state index contributed by atoms with van der Waals surface area (Å²) in [6.45, 7) is 7.84. The predicted octanol–water partition coefficient (Wildman–Crippen LogP) is 4.08. The molecular formula is C18H28N2O. The molecule has 3 nitrogen and oxygen atoms in total. The quantitative estimate of drug-likeness (QED) is 0.660. The summed E-state index contributed by atoms with van der Waals surface area (Å²) in [6, 6.07) is 10.6. The van der Waals surface area contributed by atoms with Gasteiger partial charge in [0.1, 0.15) is 11.3 Å². The van der Waals surface area contributed by atoms with Crippen LogP contribution in [0.4, 0.5) is 0 Å². The maximum atomic E-state index is 9.27. The molecule has 116 valence electrons. The van der Waals surface area contributed by atoms with Gasteiger partial charge in [0.05, 0.1) is 12.7 Å².